The molecule has 0 saturated carbocycles. The molecular weight excluding hydrogens is 298 g/mol. The molecule has 0 bridgehead atoms. The Morgan fingerprint density at radius 2 is 2.50 bits per heavy atom. The molecule has 2 saturated heterocycles. The Kier molecular flexibility index (Phi) is 3.74. The van der Waals surface area contributed by atoms with E-state index in [1.807, 2.05) is 5.38 Å². The van der Waals surface area contributed by atoms with Crippen molar-refractivity contribution in [3.8, 4) is 0 Å². The Bertz CT molecular complexity index is 561. The van der Waals surface area contributed by atoms with E-state index in [1.54, 1.807) is 28.8 Å². The summed E-state index contributed by atoms with van der Waals surface area (Å²) in [6.07, 6.45) is 3.38. The predicted octanol–water partition coefficient (Wildman–Crippen LogP) is 1.14. The minimum atomic E-state index is -3.11. The highest BCUT2D eigenvalue weighted by Gasteiger charge is 2.48. The number of ether oxygens (including phenoxy) is 1. The first kappa shape index (κ1) is 14.2. The summed E-state index contributed by atoms with van der Waals surface area (Å²) in [6, 6.07) is 0.213. The molecule has 3 heterocycles. The summed E-state index contributed by atoms with van der Waals surface area (Å²) in [5.74, 6) is 0.157. The van der Waals surface area contributed by atoms with Crippen LogP contribution in [0.25, 0.3) is 0 Å². The lowest BCUT2D eigenvalue weighted by atomic mass is 9.97. The lowest BCUT2D eigenvalue weighted by Crippen LogP contribution is -2.37. The fourth-order valence-electron chi connectivity index (χ4n) is 2.92. The van der Waals surface area contributed by atoms with Gasteiger partial charge in [0.15, 0.2) is 5.13 Å². The first-order valence-electron chi connectivity index (χ1n) is 6.81. The first-order chi connectivity index (χ1) is 9.53. The molecule has 0 radical (unpaired) electrons. The maximum atomic E-state index is 11.9. The van der Waals surface area contributed by atoms with E-state index in [-0.39, 0.29) is 17.4 Å². The summed E-state index contributed by atoms with van der Waals surface area (Å²) in [5, 5.41) is 6.18. The van der Waals surface area contributed by atoms with E-state index < -0.39 is 10.0 Å². The first-order valence-corrected chi connectivity index (χ1v) is 9.30. The highest BCUT2D eigenvalue weighted by molar-refractivity contribution is 7.89. The van der Waals surface area contributed by atoms with Crippen LogP contribution in [0, 0.1) is 0 Å². The van der Waals surface area contributed by atoms with E-state index in [4.69, 9.17) is 4.74 Å². The van der Waals surface area contributed by atoms with Gasteiger partial charge in [-0.15, -0.1) is 11.3 Å². The standard InChI is InChI=1S/C12H19N3O3S2/c1-2-20(16,17)15-5-3-12(9-15)7-10(8-18-12)14-11-13-4-6-19-11/h4,6,10H,2-3,5,7-9H2,1H3,(H,13,14). The average Bonchev–Trinajstić information content (AvgIpc) is 3.14. The van der Waals surface area contributed by atoms with Gasteiger partial charge in [0.2, 0.25) is 10.0 Å². The Labute approximate surface area is 123 Å². The molecule has 2 aliphatic rings. The summed E-state index contributed by atoms with van der Waals surface area (Å²) in [5.41, 5.74) is -0.308. The number of nitrogens with one attached hydrogen (secondary N) is 1. The minimum absolute atomic E-state index is 0.157. The van der Waals surface area contributed by atoms with E-state index in [1.165, 1.54) is 0 Å². The number of nitrogens with zero attached hydrogens (tertiary/aromatic N) is 2. The molecule has 0 amide bonds. The lowest BCUT2D eigenvalue weighted by Gasteiger charge is -2.23. The second-order valence-corrected chi connectivity index (χ2v) is 8.51. The number of rotatable bonds is 4. The second kappa shape index (κ2) is 5.25. The number of hydrogen-bond donors (Lipinski definition) is 1. The zero-order valence-electron chi connectivity index (χ0n) is 11.4. The number of hydrogen-bond acceptors (Lipinski definition) is 6. The minimum Gasteiger partial charge on any atom is -0.371 e. The number of thiazole rings is 1. The van der Waals surface area contributed by atoms with E-state index >= 15 is 0 Å². The third-order valence-electron chi connectivity index (χ3n) is 4.01. The second-order valence-electron chi connectivity index (χ2n) is 5.36. The van der Waals surface area contributed by atoms with Crippen LogP contribution in [0.1, 0.15) is 19.8 Å². The van der Waals surface area contributed by atoms with E-state index in [9.17, 15) is 8.42 Å². The van der Waals surface area contributed by atoms with Crippen molar-refractivity contribution in [2.45, 2.75) is 31.4 Å². The molecule has 20 heavy (non-hydrogen) atoms. The van der Waals surface area contributed by atoms with Crippen molar-refractivity contribution in [2.24, 2.45) is 0 Å². The summed E-state index contributed by atoms with van der Waals surface area (Å²) in [6.45, 7) is 3.35. The number of anilines is 1. The van der Waals surface area contributed by atoms with Gasteiger partial charge in [-0.3, -0.25) is 0 Å². The van der Waals surface area contributed by atoms with Crippen molar-refractivity contribution in [1.29, 1.82) is 0 Å². The third kappa shape index (κ3) is 2.69. The van der Waals surface area contributed by atoms with Crippen LogP contribution in [-0.2, 0) is 14.8 Å². The molecule has 3 rings (SSSR count). The molecule has 0 aromatic carbocycles. The molecule has 1 aromatic heterocycles. The highest BCUT2D eigenvalue weighted by atomic mass is 32.2. The zero-order chi connectivity index (χ0) is 14.2. The molecule has 112 valence electrons. The summed E-state index contributed by atoms with van der Waals surface area (Å²) in [4.78, 5) is 4.21. The molecule has 2 aliphatic heterocycles. The van der Waals surface area contributed by atoms with Crippen LogP contribution < -0.4 is 5.32 Å². The molecule has 1 spiro atoms. The van der Waals surface area contributed by atoms with Gasteiger partial charge in [-0.2, -0.15) is 4.31 Å². The third-order valence-corrected chi connectivity index (χ3v) is 6.54. The van der Waals surface area contributed by atoms with Crippen LogP contribution in [0.3, 0.4) is 0 Å². The molecule has 1 aromatic rings. The van der Waals surface area contributed by atoms with Crippen LogP contribution in [0.2, 0.25) is 0 Å². The van der Waals surface area contributed by atoms with E-state index in [2.05, 4.69) is 10.3 Å². The topological polar surface area (TPSA) is 71.5 Å². The Balaban J connectivity index is 1.62. The molecule has 2 atom stereocenters. The maximum absolute atomic E-state index is 11.9. The van der Waals surface area contributed by atoms with Crippen molar-refractivity contribution in [3.05, 3.63) is 11.6 Å². The fraction of sp³-hybridized carbons (Fsp3) is 0.750. The van der Waals surface area contributed by atoms with Crippen molar-refractivity contribution in [3.63, 3.8) is 0 Å². The van der Waals surface area contributed by atoms with Gasteiger partial charge in [0, 0.05) is 31.1 Å². The molecule has 1 N–H and O–H groups in total. The Morgan fingerprint density at radius 3 is 3.20 bits per heavy atom. The SMILES string of the molecule is CCS(=O)(=O)N1CCC2(CC(Nc3nccs3)CO2)C1. The highest BCUT2D eigenvalue weighted by Crippen LogP contribution is 2.37. The zero-order valence-corrected chi connectivity index (χ0v) is 13.0. The van der Waals surface area contributed by atoms with Gasteiger partial charge in [-0.25, -0.2) is 13.4 Å². The Morgan fingerprint density at radius 1 is 1.65 bits per heavy atom. The molecule has 8 heteroatoms. The number of aromatic nitrogens is 1. The maximum Gasteiger partial charge on any atom is 0.213 e. The van der Waals surface area contributed by atoms with E-state index in [0.717, 1.165) is 18.0 Å². The fourth-order valence-corrected chi connectivity index (χ4v) is 4.69. The average molecular weight is 317 g/mol. The van der Waals surface area contributed by atoms with Crippen LogP contribution in [-0.4, -0.2) is 54.8 Å². The van der Waals surface area contributed by atoms with Crippen LogP contribution in [0.15, 0.2) is 11.6 Å². The largest absolute Gasteiger partial charge is 0.371 e. The van der Waals surface area contributed by atoms with Gasteiger partial charge in [0.05, 0.1) is 24.0 Å². The summed E-state index contributed by atoms with van der Waals surface area (Å²) in [7, 11) is -3.11. The van der Waals surface area contributed by atoms with Crippen molar-refractivity contribution >= 4 is 26.5 Å². The molecule has 2 unspecified atom stereocenters. The van der Waals surface area contributed by atoms with Gasteiger partial charge in [-0.05, 0) is 13.3 Å². The van der Waals surface area contributed by atoms with Gasteiger partial charge < -0.3 is 10.1 Å². The molecule has 0 aliphatic carbocycles. The summed E-state index contributed by atoms with van der Waals surface area (Å²) < 4.78 is 31.4. The van der Waals surface area contributed by atoms with Gasteiger partial charge in [0.1, 0.15) is 0 Å². The lowest BCUT2D eigenvalue weighted by molar-refractivity contribution is 0.0173. The van der Waals surface area contributed by atoms with Crippen molar-refractivity contribution in [1.82, 2.24) is 9.29 Å². The normalized spacial score (nSPS) is 31.1. The smallest absolute Gasteiger partial charge is 0.213 e. The van der Waals surface area contributed by atoms with Crippen molar-refractivity contribution in [2.75, 3.05) is 30.8 Å². The van der Waals surface area contributed by atoms with Crippen LogP contribution in [0.5, 0.6) is 0 Å². The predicted molar refractivity (Wildman–Crippen MR) is 78.5 cm³/mol. The molecule has 6 nitrogen and oxygen atoms in total. The van der Waals surface area contributed by atoms with Gasteiger partial charge >= 0.3 is 0 Å². The molecular formula is C12H19N3O3S2. The van der Waals surface area contributed by atoms with Gasteiger partial charge in [0.25, 0.3) is 0 Å². The van der Waals surface area contributed by atoms with E-state index in [0.29, 0.717) is 19.7 Å². The molecule has 2 fully saturated rings. The van der Waals surface area contributed by atoms with Crippen LogP contribution in [0.4, 0.5) is 5.13 Å². The quantitative estimate of drug-likeness (QED) is 0.901. The summed E-state index contributed by atoms with van der Waals surface area (Å²) >= 11 is 1.57. The van der Waals surface area contributed by atoms with Gasteiger partial charge in [-0.1, -0.05) is 0 Å². The number of sulfonamides is 1. The van der Waals surface area contributed by atoms with Crippen LogP contribution >= 0.6 is 11.3 Å². The Hall–Kier alpha value is -0.700. The van der Waals surface area contributed by atoms with Crippen molar-refractivity contribution < 1.29 is 13.2 Å². The monoisotopic (exact) mass is 317 g/mol.